The fourth-order valence-corrected chi connectivity index (χ4v) is 4.34. The van der Waals surface area contributed by atoms with Gasteiger partial charge < -0.3 is 14.8 Å². The molecule has 1 amide bonds. The molecule has 2 heterocycles. The van der Waals surface area contributed by atoms with Gasteiger partial charge in [0.15, 0.2) is 0 Å². The van der Waals surface area contributed by atoms with Crippen LogP contribution >= 0.6 is 0 Å². The Morgan fingerprint density at radius 1 is 1.20 bits per heavy atom. The van der Waals surface area contributed by atoms with E-state index in [1.165, 1.54) is 0 Å². The van der Waals surface area contributed by atoms with Crippen molar-refractivity contribution in [3.05, 3.63) is 53.9 Å². The number of aromatic nitrogens is 1. The monoisotopic (exact) mass is 409 g/mol. The van der Waals surface area contributed by atoms with Crippen LogP contribution in [0.1, 0.15) is 43.0 Å². The van der Waals surface area contributed by atoms with Crippen molar-refractivity contribution in [3.8, 4) is 11.5 Å². The van der Waals surface area contributed by atoms with Gasteiger partial charge in [-0.1, -0.05) is 12.1 Å². The van der Waals surface area contributed by atoms with Gasteiger partial charge in [-0.25, -0.2) is 0 Å². The van der Waals surface area contributed by atoms with Crippen molar-refractivity contribution in [3.63, 3.8) is 0 Å². The van der Waals surface area contributed by atoms with Gasteiger partial charge in [0, 0.05) is 36.8 Å². The first-order valence-corrected chi connectivity index (χ1v) is 10.8. The van der Waals surface area contributed by atoms with Crippen molar-refractivity contribution < 1.29 is 14.3 Å². The molecule has 1 aromatic carbocycles. The van der Waals surface area contributed by atoms with E-state index in [9.17, 15) is 4.79 Å². The Hall–Kier alpha value is -2.60. The van der Waals surface area contributed by atoms with Gasteiger partial charge in [0.05, 0.1) is 26.0 Å². The number of methoxy groups -OCH3 is 2. The summed E-state index contributed by atoms with van der Waals surface area (Å²) < 4.78 is 10.9. The highest BCUT2D eigenvalue weighted by atomic mass is 16.5. The molecule has 1 N–H and O–H groups in total. The minimum absolute atomic E-state index is 0.0418. The highest BCUT2D eigenvalue weighted by molar-refractivity contribution is 5.81. The van der Waals surface area contributed by atoms with Crippen molar-refractivity contribution in [1.29, 1.82) is 0 Å². The van der Waals surface area contributed by atoms with E-state index in [1.54, 1.807) is 14.2 Å². The molecular formula is C24H31N3O3. The summed E-state index contributed by atoms with van der Waals surface area (Å²) >= 11 is 0. The van der Waals surface area contributed by atoms with E-state index in [4.69, 9.17) is 9.47 Å². The second-order valence-corrected chi connectivity index (χ2v) is 8.33. The summed E-state index contributed by atoms with van der Waals surface area (Å²) in [5.74, 6) is 2.35. The molecule has 1 aliphatic carbocycles. The number of carbonyl (C=O) groups excluding carboxylic acids is 1. The summed E-state index contributed by atoms with van der Waals surface area (Å²) in [6.07, 6.45) is 6.02. The zero-order valence-corrected chi connectivity index (χ0v) is 17.8. The zero-order chi connectivity index (χ0) is 20.9. The summed E-state index contributed by atoms with van der Waals surface area (Å²) in [6, 6.07) is 11.9. The smallest absolute Gasteiger partial charge is 0.223 e. The van der Waals surface area contributed by atoms with E-state index >= 15 is 0 Å². The SMILES string of the molecule is COc1ccc(CN2CCC[C@H]([C@H](NC(=O)C3CC3)c3ccccn3)C2)c(OC)c1. The minimum atomic E-state index is -0.0418. The summed E-state index contributed by atoms with van der Waals surface area (Å²) in [6.45, 7) is 2.77. The van der Waals surface area contributed by atoms with Crippen LogP contribution in [0.15, 0.2) is 42.6 Å². The quantitative estimate of drug-likeness (QED) is 0.722. The molecule has 6 heteroatoms. The van der Waals surface area contributed by atoms with E-state index in [0.717, 1.165) is 68.1 Å². The van der Waals surface area contributed by atoms with Crippen molar-refractivity contribution >= 4 is 5.91 Å². The summed E-state index contributed by atoms with van der Waals surface area (Å²) in [5, 5.41) is 3.32. The van der Waals surface area contributed by atoms with Crippen LogP contribution in [-0.2, 0) is 11.3 Å². The maximum absolute atomic E-state index is 12.6. The maximum Gasteiger partial charge on any atom is 0.223 e. The van der Waals surface area contributed by atoms with E-state index in [1.807, 2.05) is 36.5 Å². The van der Waals surface area contributed by atoms with Crippen LogP contribution < -0.4 is 14.8 Å². The molecule has 2 aliphatic rings. The Labute approximate surface area is 178 Å². The summed E-state index contributed by atoms with van der Waals surface area (Å²) in [4.78, 5) is 19.6. The number of hydrogen-bond acceptors (Lipinski definition) is 5. The molecule has 0 unspecified atom stereocenters. The van der Waals surface area contributed by atoms with Crippen LogP contribution in [0, 0.1) is 11.8 Å². The van der Waals surface area contributed by atoms with E-state index < -0.39 is 0 Å². The lowest BCUT2D eigenvalue weighted by Crippen LogP contribution is -2.43. The standard InChI is InChI=1S/C24H31N3O3/c1-29-20-11-10-18(22(14-20)30-2)15-27-13-5-6-19(16-27)23(21-7-3-4-12-25-21)26-24(28)17-8-9-17/h3-4,7,10-12,14,17,19,23H,5-6,8-9,13,15-16H2,1-2H3,(H,26,28)/t19-,23-/m0/s1. The fourth-order valence-electron chi connectivity index (χ4n) is 4.34. The molecule has 1 saturated heterocycles. The van der Waals surface area contributed by atoms with Crippen LogP contribution in [0.25, 0.3) is 0 Å². The third-order valence-corrected chi connectivity index (χ3v) is 6.15. The number of carbonyl (C=O) groups is 1. The molecule has 0 spiro atoms. The van der Waals surface area contributed by atoms with Gasteiger partial charge in [-0.2, -0.15) is 0 Å². The highest BCUT2D eigenvalue weighted by Crippen LogP contribution is 2.34. The average molecular weight is 410 g/mol. The Morgan fingerprint density at radius 3 is 2.77 bits per heavy atom. The third kappa shape index (κ3) is 4.93. The number of rotatable bonds is 8. The molecular weight excluding hydrogens is 378 g/mol. The molecule has 30 heavy (non-hydrogen) atoms. The highest BCUT2D eigenvalue weighted by Gasteiger charge is 2.35. The number of nitrogens with one attached hydrogen (secondary N) is 1. The Balaban J connectivity index is 1.49. The molecule has 2 aromatic rings. The number of nitrogens with zero attached hydrogens (tertiary/aromatic N) is 2. The number of benzene rings is 1. The number of pyridine rings is 1. The molecule has 4 rings (SSSR count). The third-order valence-electron chi connectivity index (χ3n) is 6.15. The molecule has 1 aromatic heterocycles. The predicted molar refractivity (Wildman–Crippen MR) is 115 cm³/mol. The number of hydrogen-bond donors (Lipinski definition) is 1. The molecule has 1 saturated carbocycles. The van der Waals surface area contributed by atoms with Crippen LogP contribution in [0.4, 0.5) is 0 Å². The van der Waals surface area contributed by atoms with E-state index in [0.29, 0.717) is 5.92 Å². The minimum Gasteiger partial charge on any atom is -0.497 e. The van der Waals surface area contributed by atoms with E-state index in [-0.39, 0.29) is 17.9 Å². The lowest BCUT2D eigenvalue weighted by atomic mass is 9.88. The van der Waals surface area contributed by atoms with Gasteiger partial charge in [-0.05, 0) is 56.3 Å². The van der Waals surface area contributed by atoms with E-state index in [2.05, 4.69) is 21.3 Å². The van der Waals surface area contributed by atoms with Gasteiger partial charge >= 0.3 is 0 Å². The van der Waals surface area contributed by atoms with Gasteiger partial charge in [0.25, 0.3) is 0 Å². The van der Waals surface area contributed by atoms with Crippen LogP contribution in [0.2, 0.25) is 0 Å². The average Bonchev–Trinajstić information content (AvgIpc) is 3.64. The van der Waals surface area contributed by atoms with Crippen LogP contribution in [-0.4, -0.2) is 43.1 Å². The maximum atomic E-state index is 12.6. The fraction of sp³-hybridized carbons (Fsp3) is 0.500. The van der Waals surface area contributed by atoms with Crippen LogP contribution in [0.3, 0.4) is 0 Å². The molecule has 6 nitrogen and oxygen atoms in total. The molecule has 2 fully saturated rings. The zero-order valence-electron chi connectivity index (χ0n) is 17.8. The summed E-state index contributed by atoms with van der Waals surface area (Å²) in [7, 11) is 3.36. The number of amides is 1. The molecule has 2 atom stereocenters. The lowest BCUT2D eigenvalue weighted by Gasteiger charge is -2.37. The van der Waals surface area contributed by atoms with Crippen LogP contribution in [0.5, 0.6) is 11.5 Å². The Kier molecular flexibility index (Phi) is 6.53. The predicted octanol–water partition coefficient (Wildman–Crippen LogP) is 3.58. The largest absolute Gasteiger partial charge is 0.497 e. The molecule has 160 valence electrons. The first kappa shape index (κ1) is 20.7. The molecule has 0 bridgehead atoms. The number of ether oxygens (including phenoxy) is 2. The topological polar surface area (TPSA) is 63.7 Å². The lowest BCUT2D eigenvalue weighted by molar-refractivity contribution is -0.123. The molecule has 0 radical (unpaired) electrons. The number of likely N-dealkylation sites (tertiary alicyclic amines) is 1. The summed E-state index contributed by atoms with van der Waals surface area (Å²) in [5.41, 5.74) is 2.11. The van der Waals surface area contributed by atoms with Crippen molar-refractivity contribution in [1.82, 2.24) is 15.2 Å². The second-order valence-electron chi connectivity index (χ2n) is 8.33. The first-order chi connectivity index (χ1) is 14.7. The number of piperidine rings is 1. The van der Waals surface area contributed by atoms with Gasteiger partial charge in [-0.15, -0.1) is 0 Å². The Morgan fingerprint density at radius 2 is 2.07 bits per heavy atom. The first-order valence-electron chi connectivity index (χ1n) is 10.8. The van der Waals surface area contributed by atoms with Crippen molar-refractivity contribution in [2.75, 3.05) is 27.3 Å². The second kappa shape index (κ2) is 9.47. The van der Waals surface area contributed by atoms with Gasteiger partial charge in [0.1, 0.15) is 11.5 Å². The normalized spacial score (nSPS) is 20.4. The van der Waals surface area contributed by atoms with Gasteiger partial charge in [-0.3, -0.25) is 14.7 Å². The molecule has 1 aliphatic heterocycles. The van der Waals surface area contributed by atoms with Crippen molar-refractivity contribution in [2.45, 2.75) is 38.3 Å². The van der Waals surface area contributed by atoms with Crippen molar-refractivity contribution in [2.24, 2.45) is 11.8 Å². The Bertz CT molecular complexity index is 854. The van der Waals surface area contributed by atoms with Gasteiger partial charge in [0.2, 0.25) is 5.91 Å².